The quantitative estimate of drug-likeness (QED) is 0.126. The van der Waals surface area contributed by atoms with Crippen molar-refractivity contribution in [1.82, 2.24) is 4.98 Å². The number of carbonyl (C=O) groups is 3. The van der Waals surface area contributed by atoms with Crippen LogP contribution in [0.25, 0.3) is 5.76 Å². The minimum atomic E-state index is -1.02. The van der Waals surface area contributed by atoms with Crippen molar-refractivity contribution in [1.29, 1.82) is 0 Å². The summed E-state index contributed by atoms with van der Waals surface area (Å²) in [7, 11) is 0. The lowest BCUT2D eigenvalue weighted by Gasteiger charge is -2.23. The molecule has 1 aliphatic rings. The highest BCUT2D eigenvalue weighted by Gasteiger charge is 2.48. The summed E-state index contributed by atoms with van der Waals surface area (Å²) in [5, 5.41) is 11.6. The van der Waals surface area contributed by atoms with Crippen LogP contribution in [-0.4, -0.2) is 47.6 Å². The molecule has 4 rings (SSSR count). The molecule has 1 atom stereocenters. The molecule has 41 heavy (non-hydrogen) atoms. The summed E-state index contributed by atoms with van der Waals surface area (Å²) in [6.45, 7) is 10.6. The average molecular weight is 579 g/mol. The number of Topliss-reactive ketones (excluding diaryl/α,β-unsaturated/α-hetero) is 1. The third kappa shape index (κ3) is 6.43. The Hall–Kier alpha value is -4.18. The molecule has 2 aromatic carbocycles. The average Bonchev–Trinajstić information content (AvgIpc) is 3.45. The van der Waals surface area contributed by atoms with Crippen molar-refractivity contribution in [3.05, 3.63) is 75.8 Å². The van der Waals surface area contributed by atoms with Crippen LogP contribution in [0, 0.1) is 12.8 Å². The van der Waals surface area contributed by atoms with Crippen LogP contribution in [0.1, 0.15) is 66.7 Å². The van der Waals surface area contributed by atoms with Crippen LogP contribution < -0.4 is 14.4 Å². The van der Waals surface area contributed by atoms with Crippen LogP contribution in [0.4, 0.5) is 5.13 Å². The number of aliphatic hydroxyl groups is 1. The first kappa shape index (κ1) is 29.8. The number of ketones is 1. The first-order valence-corrected chi connectivity index (χ1v) is 14.4. The molecule has 9 nitrogen and oxygen atoms in total. The standard InChI is InChI=1S/C31H34N2O7S/c1-6-38-22-13-11-20(12-14-22)26(34)24-25(21-9-8-10-23(17-21)40-16-15-18(3)4)33(29(36)27(24)35)31-32-19(5)28(41-31)30(37)39-7-2/h8-14,17-18,25,34H,6-7,15-16H2,1-5H3/b26-24+. The highest BCUT2D eigenvalue weighted by Crippen LogP contribution is 2.44. The Morgan fingerprint density at radius 1 is 1.05 bits per heavy atom. The maximum absolute atomic E-state index is 13.6. The first-order valence-electron chi connectivity index (χ1n) is 13.6. The fraction of sp³-hybridized carbons (Fsp3) is 0.355. The number of carbonyl (C=O) groups excluding carboxylic acids is 3. The number of nitrogens with zero attached hydrogens (tertiary/aromatic N) is 2. The summed E-state index contributed by atoms with van der Waals surface area (Å²) in [6.07, 6.45) is 0.857. The van der Waals surface area contributed by atoms with Gasteiger partial charge in [-0.2, -0.15) is 0 Å². The minimum Gasteiger partial charge on any atom is -0.507 e. The van der Waals surface area contributed by atoms with E-state index in [-0.39, 0.29) is 27.9 Å². The molecule has 1 N–H and O–H groups in total. The van der Waals surface area contributed by atoms with Crippen molar-refractivity contribution < 1.29 is 33.7 Å². The number of aryl methyl sites for hydroxylation is 1. The maximum atomic E-state index is 13.6. The van der Waals surface area contributed by atoms with E-state index in [0.717, 1.165) is 17.8 Å². The fourth-order valence-electron chi connectivity index (χ4n) is 4.43. The summed E-state index contributed by atoms with van der Waals surface area (Å²) in [4.78, 5) is 45.5. The van der Waals surface area contributed by atoms with Gasteiger partial charge in [0.2, 0.25) is 0 Å². The van der Waals surface area contributed by atoms with Gasteiger partial charge in [-0.3, -0.25) is 14.5 Å². The summed E-state index contributed by atoms with van der Waals surface area (Å²) in [6, 6.07) is 12.7. The lowest BCUT2D eigenvalue weighted by Crippen LogP contribution is -2.29. The number of thiazole rings is 1. The van der Waals surface area contributed by atoms with E-state index in [1.54, 1.807) is 62.4 Å². The number of amides is 1. The molecule has 2 heterocycles. The van der Waals surface area contributed by atoms with Crippen molar-refractivity contribution in [2.75, 3.05) is 24.7 Å². The zero-order valence-electron chi connectivity index (χ0n) is 23.8. The number of aliphatic hydroxyl groups excluding tert-OH is 1. The van der Waals surface area contributed by atoms with Gasteiger partial charge < -0.3 is 19.3 Å². The summed E-state index contributed by atoms with van der Waals surface area (Å²) in [5.41, 5.74) is 1.18. The van der Waals surface area contributed by atoms with Crippen LogP contribution in [0.15, 0.2) is 54.1 Å². The van der Waals surface area contributed by atoms with Crippen molar-refractivity contribution in [2.45, 2.75) is 47.1 Å². The van der Waals surface area contributed by atoms with E-state index in [2.05, 4.69) is 18.8 Å². The molecule has 0 aliphatic carbocycles. The van der Waals surface area contributed by atoms with E-state index in [4.69, 9.17) is 14.2 Å². The van der Waals surface area contributed by atoms with Gasteiger partial charge in [-0.15, -0.1) is 0 Å². The molecular weight excluding hydrogens is 544 g/mol. The Labute approximate surface area is 243 Å². The third-order valence-corrected chi connectivity index (χ3v) is 7.61. The Morgan fingerprint density at radius 2 is 1.78 bits per heavy atom. The Morgan fingerprint density at radius 3 is 2.44 bits per heavy atom. The summed E-state index contributed by atoms with van der Waals surface area (Å²) < 4.78 is 16.6. The van der Waals surface area contributed by atoms with E-state index in [1.807, 2.05) is 6.92 Å². The second kappa shape index (κ2) is 13.0. The number of esters is 1. The molecule has 1 fully saturated rings. The van der Waals surface area contributed by atoms with Crippen LogP contribution in [0.2, 0.25) is 0 Å². The Kier molecular flexibility index (Phi) is 9.44. The molecule has 1 amide bonds. The summed E-state index contributed by atoms with van der Waals surface area (Å²) in [5.74, 6) is -0.980. The predicted octanol–water partition coefficient (Wildman–Crippen LogP) is 6.08. The molecule has 1 aromatic heterocycles. The zero-order valence-corrected chi connectivity index (χ0v) is 24.6. The maximum Gasteiger partial charge on any atom is 0.350 e. The van der Waals surface area contributed by atoms with Gasteiger partial charge in [0.05, 0.1) is 37.1 Å². The largest absolute Gasteiger partial charge is 0.507 e. The predicted molar refractivity (Wildman–Crippen MR) is 157 cm³/mol. The lowest BCUT2D eigenvalue weighted by atomic mass is 9.95. The number of ether oxygens (including phenoxy) is 3. The van der Waals surface area contributed by atoms with E-state index in [9.17, 15) is 19.5 Å². The van der Waals surface area contributed by atoms with E-state index < -0.39 is 23.7 Å². The zero-order chi connectivity index (χ0) is 29.7. The van der Waals surface area contributed by atoms with Gasteiger partial charge in [0.25, 0.3) is 5.78 Å². The topological polar surface area (TPSA) is 115 Å². The van der Waals surface area contributed by atoms with Crippen molar-refractivity contribution in [3.8, 4) is 11.5 Å². The van der Waals surface area contributed by atoms with Gasteiger partial charge in [-0.25, -0.2) is 9.78 Å². The SMILES string of the molecule is CCOC(=O)c1sc(N2C(=O)C(=O)/C(=C(/O)c3ccc(OCC)cc3)C2c2cccc(OCCC(C)C)c2)nc1C. The molecule has 0 saturated carbocycles. The van der Waals surface area contributed by atoms with Gasteiger partial charge >= 0.3 is 11.9 Å². The lowest BCUT2D eigenvalue weighted by molar-refractivity contribution is -0.132. The van der Waals surface area contributed by atoms with Gasteiger partial charge in [0, 0.05) is 5.56 Å². The van der Waals surface area contributed by atoms with E-state index in [0.29, 0.717) is 47.5 Å². The van der Waals surface area contributed by atoms with E-state index in [1.165, 1.54) is 4.90 Å². The second-order valence-electron chi connectivity index (χ2n) is 9.86. The van der Waals surface area contributed by atoms with Crippen LogP contribution >= 0.6 is 11.3 Å². The number of hydrogen-bond donors (Lipinski definition) is 1. The molecule has 10 heteroatoms. The van der Waals surface area contributed by atoms with Crippen LogP contribution in [0.3, 0.4) is 0 Å². The number of rotatable bonds is 11. The number of benzene rings is 2. The van der Waals surface area contributed by atoms with Crippen LogP contribution in [-0.2, 0) is 14.3 Å². The Balaban J connectivity index is 1.84. The van der Waals surface area contributed by atoms with Crippen LogP contribution in [0.5, 0.6) is 11.5 Å². The monoisotopic (exact) mass is 578 g/mol. The molecule has 1 saturated heterocycles. The fourth-order valence-corrected chi connectivity index (χ4v) is 5.42. The molecule has 3 aromatic rings. The molecule has 0 spiro atoms. The Bertz CT molecular complexity index is 1460. The van der Waals surface area contributed by atoms with E-state index >= 15 is 0 Å². The number of anilines is 1. The van der Waals surface area contributed by atoms with Crippen molar-refractivity contribution in [3.63, 3.8) is 0 Å². The number of hydrogen-bond acceptors (Lipinski definition) is 9. The van der Waals surface area contributed by atoms with Gasteiger partial charge in [-0.1, -0.05) is 37.3 Å². The second-order valence-corrected chi connectivity index (χ2v) is 10.8. The first-order chi connectivity index (χ1) is 19.7. The molecule has 1 unspecified atom stereocenters. The highest BCUT2D eigenvalue weighted by atomic mass is 32.1. The highest BCUT2D eigenvalue weighted by molar-refractivity contribution is 7.17. The van der Waals surface area contributed by atoms with Crippen molar-refractivity contribution >= 4 is 39.9 Å². The molecule has 0 radical (unpaired) electrons. The van der Waals surface area contributed by atoms with Gasteiger partial charge in [0.1, 0.15) is 22.1 Å². The minimum absolute atomic E-state index is 0.0935. The molecular formula is C31H34N2O7S. The molecule has 216 valence electrons. The van der Waals surface area contributed by atoms with Crippen molar-refractivity contribution in [2.24, 2.45) is 5.92 Å². The van der Waals surface area contributed by atoms with Gasteiger partial charge in [-0.05, 0) is 75.1 Å². The molecule has 0 bridgehead atoms. The van der Waals surface area contributed by atoms with Gasteiger partial charge in [0.15, 0.2) is 5.13 Å². The number of aromatic nitrogens is 1. The smallest absolute Gasteiger partial charge is 0.350 e. The summed E-state index contributed by atoms with van der Waals surface area (Å²) >= 11 is 0.962. The third-order valence-electron chi connectivity index (χ3n) is 6.47. The normalized spacial score (nSPS) is 16.3. The molecule has 1 aliphatic heterocycles.